The van der Waals surface area contributed by atoms with Gasteiger partial charge in [0.25, 0.3) is 0 Å². The Bertz CT molecular complexity index is 454. The summed E-state index contributed by atoms with van der Waals surface area (Å²) in [5.74, 6) is 0.914. The molecule has 3 heteroatoms. The van der Waals surface area contributed by atoms with Gasteiger partial charge in [0.1, 0.15) is 5.75 Å². The average molecular weight is 242 g/mol. The molecule has 0 atom stereocenters. The summed E-state index contributed by atoms with van der Waals surface area (Å²) in [6.45, 7) is 3.60. The number of nitrogens with zero attached hydrogens (tertiary/aromatic N) is 1. The molecule has 0 aliphatic carbocycles. The number of nitrogens with one attached hydrogen (secondary N) is 1. The third kappa shape index (κ3) is 3.77. The van der Waals surface area contributed by atoms with Crippen molar-refractivity contribution in [2.24, 2.45) is 0 Å². The Kier molecular flexibility index (Phi) is 4.59. The minimum atomic E-state index is 0.703. The van der Waals surface area contributed by atoms with E-state index >= 15 is 0 Å². The van der Waals surface area contributed by atoms with Crippen LogP contribution in [0.1, 0.15) is 12.5 Å². The summed E-state index contributed by atoms with van der Waals surface area (Å²) >= 11 is 0. The minimum absolute atomic E-state index is 0.703. The van der Waals surface area contributed by atoms with Crippen LogP contribution in [0.15, 0.2) is 48.8 Å². The third-order valence-electron chi connectivity index (χ3n) is 2.66. The summed E-state index contributed by atoms with van der Waals surface area (Å²) in [5.41, 5.74) is 2.41. The van der Waals surface area contributed by atoms with Gasteiger partial charge in [0.2, 0.25) is 0 Å². The van der Waals surface area contributed by atoms with Gasteiger partial charge < -0.3 is 10.1 Å². The number of hydrogen-bond acceptors (Lipinski definition) is 3. The maximum absolute atomic E-state index is 5.40. The maximum atomic E-state index is 5.40. The van der Waals surface area contributed by atoms with E-state index in [2.05, 4.69) is 10.3 Å². The number of hydrogen-bond donors (Lipinski definition) is 1. The van der Waals surface area contributed by atoms with E-state index in [0.717, 1.165) is 24.4 Å². The molecule has 0 spiro atoms. The van der Waals surface area contributed by atoms with Crippen LogP contribution in [0.5, 0.6) is 5.75 Å². The van der Waals surface area contributed by atoms with Gasteiger partial charge in [0.05, 0.1) is 6.61 Å². The molecule has 0 aliphatic rings. The monoisotopic (exact) mass is 242 g/mol. The molecule has 0 fully saturated rings. The smallest absolute Gasteiger partial charge is 0.119 e. The number of anilines is 1. The van der Waals surface area contributed by atoms with Crippen LogP contribution in [0.4, 0.5) is 5.69 Å². The molecule has 0 unspecified atom stereocenters. The number of ether oxygens (including phenoxy) is 1. The number of rotatable bonds is 6. The SMILES string of the molecule is CCOc1ccc(NCCc2ccncc2)cc1. The van der Waals surface area contributed by atoms with Gasteiger partial charge in [-0.3, -0.25) is 4.98 Å². The molecule has 1 heterocycles. The zero-order valence-corrected chi connectivity index (χ0v) is 10.6. The molecule has 94 valence electrons. The predicted molar refractivity (Wildman–Crippen MR) is 74.0 cm³/mol. The fourth-order valence-corrected chi connectivity index (χ4v) is 1.74. The van der Waals surface area contributed by atoms with Crippen LogP contribution in [0.25, 0.3) is 0 Å². The van der Waals surface area contributed by atoms with Crippen molar-refractivity contribution >= 4 is 5.69 Å². The normalized spacial score (nSPS) is 10.1. The van der Waals surface area contributed by atoms with Gasteiger partial charge in [-0.15, -0.1) is 0 Å². The first kappa shape index (κ1) is 12.4. The van der Waals surface area contributed by atoms with Gasteiger partial charge in [-0.1, -0.05) is 0 Å². The third-order valence-corrected chi connectivity index (χ3v) is 2.66. The number of pyridine rings is 1. The molecule has 0 saturated carbocycles. The Morgan fingerprint density at radius 3 is 2.44 bits per heavy atom. The van der Waals surface area contributed by atoms with Crippen LogP contribution in [0.3, 0.4) is 0 Å². The van der Waals surface area contributed by atoms with E-state index in [9.17, 15) is 0 Å². The van der Waals surface area contributed by atoms with Crippen molar-refractivity contribution in [2.45, 2.75) is 13.3 Å². The highest BCUT2D eigenvalue weighted by Gasteiger charge is 1.95. The molecule has 0 radical (unpaired) electrons. The van der Waals surface area contributed by atoms with Crippen molar-refractivity contribution in [3.8, 4) is 5.75 Å². The first-order valence-electron chi connectivity index (χ1n) is 6.24. The van der Waals surface area contributed by atoms with E-state index in [1.807, 2.05) is 55.7 Å². The van der Waals surface area contributed by atoms with Crippen LogP contribution in [-0.2, 0) is 6.42 Å². The van der Waals surface area contributed by atoms with Crippen molar-refractivity contribution in [1.82, 2.24) is 4.98 Å². The molecule has 3 nitrogen and oxygen atoms in total. The van der Waals surface area contributed by atoms with Crippen molar-refractivity contribution in [3.63, 3.8) is 0 Å². The van der Waals surface area contributed by atoms with Crippen LogP contribution in [0.2, 0.25) is 0 Å². The van der Waals surface area contributed by atoms with Gasteiger partial charge in [0, 0.05) is 24.6 Å². The lowest BCUT2D eigenvalue weighted by Gasteiger charge is -2.08. The summed E-state index contributed by atoms with van der Waals surface area (Å²) in [6, 6.07) is 12.1. The fourth-order valence-electron chi connectivity index (χ4n) is 1.74. The summed E-state index contributed by atoms with van der Waals surface area (Å²) in [4.78, 5) is 4.00. The summed E-state index contributed by atoms with van der Waals surface area (Å²) < 4.78 is 5.40. The van der Waals surface area contributed by atoms with Gasteiger partial charge in [0.15, 0.2) is 0 Å². The lowest BCUT2D eigenvalue weighted by Crippen LogP contribution is -2.04. The van der Waals surface area contributed by atoms with Crippen LogP contribution in [0, 0.1) is 0 Å². The highest BCUT2D eigenvalue weighted by Crippen LogP contribution is 2.15. The first-order valence-corrected chi connectivity index (χ1v) is 6.24. The Balaban J connectivity index is 1.80. The molecule has 0 amide bonds. The predicted octanol–water partition coefficient (Wildman–Crippen LogP) is 3.13. The van der Waals surface area contributed by atoms with Gasteiger partial charge in [-0.25, -0.2) is 0 Å². The van der Waals surface area contributed by atoms with Gasteiger partial charge in [-0.05, 0) is 55.3 Å². The molecule has 2 rings (SSSR count). The average Bonchev–Trinajstić information content (AvgIpc) is 2.42. The van der Waals surface area contributed by atoms with Crippen LogP contribution in [-0.4, -0.2) is 18.1 Å². The quantitative estimate of drug-likeness (QED) is 0.845. The minimum Gasteiger partial charge on any atom is -0.494 e. The lowest BCUT2D eigenvalue weighted by molar-refractivity contribution is 0.340. The number of benzene rings is 1. The van der Waals surface area contributed by atoms with E-state index in [1.54, 1.807) is 0 Å². The Morgan fingerprint density at radius 1 is 1.06 bits per heavy atom. The molecule has 1 aromatic carbocycles. The second-order valence-electron chi connectivity index (χ2n) is 3.99. The maximum Gasteiger partial charge on any atom is 0.119 e. The highest BCUT2D eigenvalue weighted by atomic mass is 16.5. The second kappa shape index (κ2) is 6.64. The van der Waals surface area contributed by atoms with E-state index in [4.69, 9.17) is 4.74 Å². The molecule has 18 heavy (non-hydrogen) atoms. The zero-order chi connectivity index (χ0) is 12.6. The molecule has 1 N–H and O–H groups in total. The van der Waals surface area contributed by atoms with Gasteiger partial charge in [-0.2, -0.15) is 0 Å². The summed E-state index contributed by atoms with van der Waals surface area (Å²) in [7, 11) is 0. The Labute approximate surface area is 108 Å². The van der Waals surface area contributed by atoms with E-state index in [1.165, 1.54) is 5.56 Å². The molecule has 0 saturated heterocycles. The largest absolute Gasteiger partial charge is 0.494 e. The van der Waals surface area contributed by atoms with Crippen molar-refractivity contribution in [3.05, 3.63) is 54.4 Å². The zero-order valence-electron chi connectivity index (χ0n) is 10.6. The molecule has 1 aromatic heterocycles. The number of aromatic nitrogens is 1. The van der Waals surface area contributed by atoms with Crippen LogP contribution >= 0.6 is 0 Å². The summed E-state index contributed by atoms with van der Waals surface area (Å²) in [6.07, 6.45) is 4.65. The van der Waals surface area contributed by atoms with Crippen molar-refractivity contribution < 1.29 is 4.74 Å². The van der Waals surface area contributed by atoms with Gasteiger partial charge >= 0.3 is 0 Å². The van der Waals surface area contributed by atoms with Crippen molar-refractivity contribution in [2.75, 3.05) is 18.5 Å². The van der Waals surface area contributed by atoms with E-state index in [-0.39, 0.29) is 0 Å². The molecular weight excluding hydrogens is 224 g/mol. The van der Waals surface area contributed by atoms with E-state index < -0.39 is 0 Å². The van der Waals surface area contributed by atoms with E-state index in [0.29, 0.717) is 6.61 Å². The Morgan fingerprint density at radius 2 is 1.78 bits per heavy atom. The lowest BCUT2D eigenvalue weighted by atomic mass is 10.2. The molecule has 0 bridgehead atoms. The standard InChI is InChI=1S/C15H18N2O/c1-2-18-15-5-3-14(4-6-15)17-12-9-13-7-10-16-11-8-13/h3-8,10-11,17H,2,9,12H2,1H3. The second-order valence-corrected chi connectivity index (χ2v) is 3.99. The summed E-state index contributed by atoms with van der Waals surface area (Å²) in [5, 5.41) is 3.39. The van der Waals surface area contributed by atoms with Crippen LogP contribution < -0.4 is 10.1 Å². The molecular formula is C15H18N2O. The van der Waals surface area contributed by atoms with Crippen molar-refractivity contribution in [1.29, 1.82) is 0 Å². The highest BCUT2D eigenvalue weighted by molar-refractivity contribution is 5.46. The molecule has 2 aromatic rings. The Hall–Kier alpha value is -2.03. The first-order chi connectivity index (χ1) is 8.88. The molecule has 0 aliphatic heterocycles. The fraction of sp³-hybridized carbons (Fsp3) is 0.267. The topological polar surface area (TPSA) is 34.1 Å².